The average Bonchev–Trinajstić information content (AvgIpc) is 2.69. The van der Waals surface area contributed by atoms with Crippen LogP contribution in [-0.2, 0) is 9.59 Å². The van der Waals surface area contributed by atoms with Crippen molar-refractivity contribution in [3.05, 3.63) is 65.2 Å². The molecule has 8 nitrogen and oxygen atoms in total. The zero-order valence-electron chi connectivity index (χ0n) is 15.5. The Bertz CT molecular complexity index is 881. The Balaban J connectivity index is 2.01. The van der Waals surface area contributed by atoms with Crippen molar-refractivity contribution in [1.29, 1.82) is 0 Å². The number of carbonyl (C=O) groups is 3. The molecule has 2 N–H and O–H groups in total. The lowest BCUT2D eigenvalue weighted by atomic mass is 10.1. The second-order valence-electron chi connectivity index (χ2n) is 5.78. The van der Waals surface area contributed by atoms with E-state index in [0.717, 1.165) is 5.56 Å². The van der Waals surface area contributed by atoms with E-state index in [0.29, 0.717) is 17.9 Å². The maximum Gasteiger partial charge on any atom is 0.329 e. The van der Waals surface area contributed by atoms with Crippen LogP contribution in [0.4, 0.5) is 0 Å². The monoisotopic (exact) mass is 382 g/mol. The van der Waals surface area contributed by atoms with Crippen molar-refractivity contribution >= 4 is 24.0 Å². The first-order valence-corrected chi connectivity index (χ1v) is 8.59. The van der Waals surface area contributed by atoms with Crippen LogP contribution in [0.3, 0.4) is 0 Å². The third kappa shape index (κ3) is 5.66. The molecule has 2 aromatic rings. The van der Waals surface area contributed by atoms with Crippen LogP contribution in [0.5, 0.6) is 5.75 Å². The highest BCUT2D eigenvalue weighted by Crippen LogP contribution is 2.18. The Morgan fingerprint density at radius 1 is 1.14 bits per heavy atom. The molecule has 146 valence electrons. The summed E-state index contributed by atoms with van der Waals surface area (Å²) in [6, 6.07) is 12.9. The summed E-state index contributed by atoms with van der Waals surface area (Å²) in [5.41, 5.74) is 3.22. The number of carbonyl (C=O) groups excluding carboxylic acids is 3. The van der Waals surface area contributed by atoms with E-state index in [1.54, 1.807) is 13.8 Å². The van der Waals surface area contributed by atoms with Crippen molar-refractivity contribution in [3.63, 3.8) is 0 Å². The molecule has 2 amide bonds. The number of nitrogens with zero attached hydrogens (tertiary/aromatic N) is 1. The van der Waals surface area contributed by atoms with Gasteiger partial charge in [0, 0.05) is 5.56 Å². The van der Waals surface area contributed by atoms with Gasteiger partial charge in [-0.05, 0) is 43.2 Å². The number of nitrogens with one attached hydrogen (secondary N) is 2. The summed E-state index contributed by atoms with van der Waals surface area (Å²) >= 11 is 0. The molecule has 0 fully saturated rings. The molecule has 8 heteroatoms. The number of amides is 2. The quantitative estimate of drug-likeness (QED) is 0.416. The van der Waals surface area contributed by atoms with Gasteiger partial charge >= 0.3 is 11.8 Å². The molecule has 0 unspecified atom stereocenters. The highest BCUT2D eigenvalue weighted by atomic mass is 16.5. The Morgan fingerprint density at radius 2 is 1.86 bits per heavy atom. The Morgan fingerprint density at radius 3 is 2.50 bits per heavy atom. The first-order chi connectivity index (χ1) is 13.4. The van der Waals surface area contributed by atoms with Gasteiger partial charge in [0.25, 0.3) is 0 Å². The molecule has 0 aliphatic heterocycles. The summed E-state index contributed by atoms with van der Waals surface area (Å²) in [6.07, 6.45) is 1.20. The summed E-state index contributed by atoms with van der Waals surface area (Å²) in [4.78, 5) is 34.9. The fourth-order valence-corrected chi connectivity index (χ4v) is 2.36. The standard InChI is InChI=1S/C20H21N3O5/c1-3-28-17-10-9-15(20(26)27)11-16(17)12-21-23-19(25)18(24)22-13(2)14-7-5-4-6-8-14/h4-13H,3H2,1-2H3,(H,22,24)(H,23,25)(H,26,27)/p-1/b21-12-/t13-/m1/s1. The molecule has 28 heavy (non-hydrogen) atoms. The highest BCUT2D eigenvalue weighted by molar-refractivity contribution is 6.35. The minimum atomic E-state index is -1.35. The minimum absolute atomic E-state index is 0.0642. The van der Waals surface area contributed by atoms with Crippen LogP contribution in [0.1, 0.15) is 41.4 Å². The van der Waals surface area contributed by atoms with Crippen LogP contribution in [0.15, 0.2) is 53.6 Å². The summed E-state index contributed by atoms with van der Waals surface area (Å²) in [5, 5.41) is 17.3. The lowest BCUT2D eigenvalue weighted by molar-refractivity contribution is -0.255. The van der Waals surface area contributed by atoms with Gasteiger partial charge in [0.2, 0.25) is 0 Å². The molecule has 0 aliphatic carbocycles. The molecule has 0 bridgehead atoms. The molecule has 0 heterocycles. The topological polar surface area (TPSA) is 120 Å². The van der Waals surface area contributed by atoms with Crippen LogP contribution in [0.2, 0.25) is 0 Å². The number of hydrazone groups is 1. The lowest BCUT2D eigenvalue weighted by Crippen LogP contribution is -2.39. The molecule has 2 aromatic carbocycles. The number of hydrogen-bond donors (Lipinski definition) is 2. The number of hydrogen-bond acceptors (Lipinski definition) is 6. The average molecular weight is 382 g/mol. The van der Waals surface area contributed by atoms with E-state index >= 15 is 0 Å². The number of carboxylic acid groups (broad SMARTS) is 1. The fraction of sp³-hybridized carbons (Fsp3) is 0.200. The molecule has 0 saturated carbocycles. The van der Waals surface area contributed by atoms with Crippen molar-refractivity contribution in [2.45, 2.75) is 19.9 Å². The van der Waals surface area contributed by atoms with E-state index in [1.165, 1.54) is 24.4 Å². The molecular formula is C20H20N3O5-. The van der Waals surface area contributed by atoms with Gasteiger partial charge in [0.15, 0.2) is 0 Å². The third-order valence-corrected chi connectivity index (χ3v) is 3.77. The van der Waals surface area contributed by atoms with Gasteiger partial charge in [-0.3, -0.25) is 9.59 Å². The van der Waals surface area contributed by atoms with Gasteiger partial charge in [0.05, 0.1) is 24.8 Å². The maximum absolute atomic E-state index is 12.0. The van der Waals surface area contributed by atoms with Gasteiger partial charge in [-0.1, -0.05) is 30.3 Å². The first-order valence-electron chi connectivity index (χ1n) is 8.59. The van der Waals surface area contributed by atoms with Gasteiger partial charge in [-0.25, -0.2) is 5.43 Å². The van der Waals surface area contributed by atoms with Crippen LogP contribution in [0, 0.1) is 0 Å². The van der Waals surface area contributed by atoms with Gasteiger partial charge in [-0.15, -0.1) is 0 Å². The second-order valence-corrected chi connectivity index (χ2v) is 5.78. The zero-order valence-corrected chi connectivity index (χ0v) is 15.5. The molecular weight excluding hydrogens is 362 g/mol. The molecule has 0 aromatic heterocycles. The van der Waals surface area contributed by atoms with E-state index < -0.39 is 17.8 Å². The summed E-state index contributed by atoms with van der Waals surface area (Å²) < 4.78 is 5.38. The van der Waals surface area contributed by atoms with Gasteiger partial charge < -0.3 is 20.0 Å². The third-order valence-electron chi connectivity index (χ3n) is 3.77. The predicted octanol–water partition coefficient (Wildman–Crippen LogP) is 0.776. The van der Waals surface area contributed by atoms with Crippen LogP contribution >= 0.6 is 0 Å². The first kappa shape index (κ1) is 20.6. The van der Waals surface area contributed by atoms with Crippen molar-refractivity contribution in [1.82, 2.24) is 10.7 Å². The Kier molecular flexibility index (Phi) is 7.27. The van der Waals surface area contributed by atoms with E-state index in [2.05, 4.69) is 15.8 Å². The number of aromatic carboxylic acids is 1. The molecule has 0 aliphatic rings. The second kappa shape index (κ2) is 9.86. The minimum Gasteiger partial charge on any atom is -0.545 e. The zero-order chi connectivity index (χ0) is 20.5. The fourth-order valence-electron chi connectivity index (χ4n) is 2.36. The van der Waals surface area contributed by atoms with Crippen molar-refractivity contribution in [3.8, 4) is 5.75 Å². The van der Waals surface area contributed by atoms with E-state index in [9.17, 15) is 19.5 Å². The summed E-state index contributed by atoms with van der Waals surface area (Å²) in [7, 11) is 0. The molecule has 0 spiro atoms. The number of benzene rings is 2. The van der Waals surface area contributed by atoms with Crippen molar-refractivity contribution in [2.75, 3.05) is 6.61 Å². The Labute approximate surface area is 162 Å². The maximum atomic E-state index is 12.0. The Hall–Kier alpha value is -3.68. The normalized spacial score (nSPS) is 11.6. The number of carboxylic acids is 1. The summed E-state index contributed by atoms with van der Waals surface area (Å²) in [5.74, 6) is -2.77. The van der Waals surface area contributed by atoms with E-state index in [1.807, 2.05) is 30.3 Å². The summed E-state index contributed by atoms with van der Waals surface area (Å²) in [6.45, 7) is 3.88. The smallest absolute Gasteiger partial charge is 0.329 e. The number of rotatable bonds is 7. The highest BCUT2D eigenvalue weighted by Gasteiger charge is 2.16. The van der Waals surface area contributed by atoms with E-state index in [4.69, 9.17) is 4.74 Å². The SMILES string of the molecule is CCOc1ccc(C(=O)[O-])cc1/C=N\NC(=O)C(=O)N[C@H](C)c1ccccc1. The van der Waals surface area contributed by atoms with Crippen LogP contribution < -0.4 is 20.6 Å². The van der Waals surface area contributed by atoms with Crippen molar-refractivity contribution < 1.29 is 24.2 Å². The lowest BCUT2D eigenvalue weighted by Gasteiger charge is -2.13. The van der Waals surface area contributed by atoms with Gasteiger partial charge in [-0.2, -0.15) is 5.10 Å². The van der Waals surface area contributed by atoms with E-state index in [-0.39, 0.29) is 11.6 Å². The molecule has 0 radical (unpaired) electrons. The van der Waals surface area contributed by atoms with Crippen molar-refractivity contribution in [2.24, 2.45) is 5.10 Å². The van der Waals surface area contributed by atoms with Gasteiger partial charge in [0.1, 0.15) is 5.75 Å². The number of ether oxygens (including phenoxy) is 1. The molecule has 0 saturated heterocycles. The molecule has 1 atom stereocenters. The predicted molar refractivity (Wildman–Crippen MR) is 101 cm³/mol. The largest absolute Gasteiger partial charge is 0.545 e. The van der Waals surface area contributed by atoms with Crippen LogP contribution in [-0.4, -0.2) is 30.6 Å². The van der Waals surface area contributed by atoms with Crippen LogP contribution in [0.25, 0.3) is 0 Å². The molecule has 2 rings (SSSR count).